The molecule has 2 radical (unpaired) electrons. The monoisotopic (exact) mass is 230 g/mol. The molecule has 0 aromatic heterocycles. The van der Waals surface area contributed by atoms with E-state index in [1.54, 1.807) is 14.2 Å². The van der Waals surface area contributed by atoms with E-state index < -0.39 is 6.00 Å². The zero-order valence-corrected chi connectivity index (χ0v) is 9.80. The van der Waals surface area contributed by atoms with Crippen molar-refractivity contribution in [3.63, 3.8) is 0 Å². The number of methoxy groups -OCH3 is 2. The van der Waals surface area contributed by atoms with Gasteiger partial charge in [0, 0.05) is 20.2 Å². The van der Waals surface area contributed by atoms with Gasteiger partial charge in [0.1, 0.15) is 26.2 Å². The van der Waals surface area contributed by atoms with E-state index in [4.69, 9.17) is 26.8 Å². The predicted octanol–water partition coefficient (Wildman–Crippen LogP) is 0.971. The van der Waals surface area contributed by atoms with E-state index in [2.05, 4.69) is 0 Å². The third-order valence-electron chi connectivity index (χ3n) is 2.48. The molecule has 0 aliphatic carbocycles. The largest absolute Gasteiger partial charge is 0.377 e. The third-order valence-corrected chi connectivity index (χ3v) is 2.48. The molecule has 16 heavy (non-hydrogen) atoms. The van der Waals surface area contributed by atoms with Crippen molar-refractivity contribution in [1.29, 1.82) is 0 Å². The topological polar surface area (TPSA) is 36.9 Å². The van der Waals surface area contributed by atoms with Crippen LogP contribution in [0.2, 0.25) is 0 Å². The summed E-state index contributed by atoms with van der Waals surface area (Å²) >= 11 is 0. The quantitative estimate of drug-likeness (QED) is 0.659. The molecule has 0 N–H and O–H groups in total. The lowest BCUT2D eigenvalue weighted by atomic mass is 9.93. The smallest absolute Gasteiger partial charge is 0.113 e. The molecule has 0 bridgehead atoms. The normalized spacial score (nSPS) is 34.1. The number of hydrogen-bond acceptors (Lipinski definition) is 4. The predicted molar refractivity (Wildman–Crippen MR) is 63.8 cm³/mol. The van der Waals surface area contributed by atoms with Crippen LogP contribution in [0.4, 0.5) is 0 Å². The highest BCUT2D eigenvalue weighted by Crippen LogP contribution is 2.24. The van der Waals surface area contributed by atoms with Gasteiger partial charge in [-0.1, -0.05) is 7.43 Å². The minimum atomic E-state index is -0.444. The molecule has 4 atom stereocenters. The van der Waals surface area contributed by atoms with Gasteiger partial charge in [0.05, 0.1) is 12.7 Å². The number of ether oxygens (including phenoxy) is 4. The van der Waals surface area contributed by atoms with Gasteiger partial charge in [-0.05, 0) is 13.8 Å². The molecule has 1 aliphatic rings. The molecule has 94 valence electrons. The van der Waals surface area contributed by atoms with E-state index in [0.717, 1.165) is 0 Å². The molecule has 0 amide bonds. The molecule has 1 saturated heterocycles. The first-order valence-corrected chi connectivity index (χ1v) is 5.18. The molecule has 4 nitrogen and oxygen atoms in total. The molecular formula is C11H23BO4. The second-order valence-corrected chi connectivity index (χ2v) is 3.92. The van der Waals surface area contributed by atoms with Gasteiger partial charge in [0.15, 0.2) is 0 Å². The SMILES string of the molecule is C.[B]C1OC(COC(C)C)C(OC)[C@H]1OC. The average molecular weight is 230 g/mol. The molecule has 0 aromatic carbocycles. The first-order valence-electron chi connectivity index (χ1n) is 5.18. The lowest BCUT2D eigenvalue weighted by molar-refractivity contribution is -0.0647. The molecule has 0 spiro atoms. The summed E-state index contributed by atoms with van der Waals surface area (Å²) in [4.78, 5) is 0. The minimum Gasteiger partial charge on any atom is -0.377 e. The van der Waals surface area contributed by atoms with Crippen LogP contribution in [0.5, 0.6) is 0 Å². The van der Waals surface area contributed by atoms with Crippen molar-refractivity contribution in [1.82, 2.24) is 0 Å². The fourth-order valence-corrected chi connectivity index (χ4v) is 1.73. The fraction of sp³-hybridized carbons (Fsp3) is 1.00. The van der Waals surface area contributed by atoms with E-state index >= 15 is 0 Å². The minimum absolute atomic E-state index is 0. The van der Waals surface area contributed by atoms with Crippen LogP contribution in [0.25, 0.3) is 0 Å². The van der Waals surface area contributed by atoms with Crippen molar-refractivity contribution in [3.05, 3.63) is 0 Å². The number of rotatable bonds is 5. The fourth-order valence-electron chi connectivity index (χ4n) is 1.73. The van der Waals surface area contributed by atoms with Gasteiger partial charge in [0.25, 0.3) is 0 Å². The van der Waals surface area contributed by atoms with Gasteiger partial charge in [-0.3, -0.25) is 0 Å². The lowest BCUT2D eigenvalue weighted by Gasteiger charge is -2.21. The Hall–Kier alpha value is -0.0951. The van der Waals surface area contributed by atoms with Gasteiger partial charge in [0.2, 0.25) is 0 Å². The van der Waals surface area contributed by atoms with Crippen LogP contribution in [-0.2, 0) is 18.9 Å². The summed E-state index contributed by atoms with van der Waals surface area (Å²) in [6.45, 7) is 4.43. The molecule has 1 aliphatic heterocycles. The summed E-state index contributed by atoms with van der Waals surface area (Å²) in [6, 6.07) is -0.444. The highest BCUT2D eigenvalue weighted by molar-refractivity contribution is 6.11. The molecule has 0 aromatic rings. The summed E-state index contributed by atoms with van der Waals surface area (Å²) in [6.07, 6.45) is -0.374. The molecule has 0 saturated carbocycles. The highest BCUT2D eigenvalue weighted by atomic mass is 16.6. The third kappa shape index (κ3) is 3.73. The van der Waals surface area contributed by atoms with Crippen LogP contribution in [-0.4, -0.2) is 59.1 Å². The molecular weight excluding hydrogens is 207 g/mol. The van der Waals surface area contributed by atoms with E-state index in [9.17, 15) is 0 Å². The lowest BCUT2D eigenvalue weighted by Crippen LogP contribution is -2.38. The van der Waals surface area contributed by atoms with E-state index in [-0.39, 0.29) is 31.8 Å². The second-order valence-electron chi connectivity index (χ2n) is 3.92. The Morgan fingerprint density at radius 1 is 1.19 bits per heavy atom. The van der Waals surface area contributed by atoms with E-state index in [0.29, 0.717) is 6.61 Å². The average Bonchev–Trinajstić information content (AvgIpc) is 2.50. The first-order chi connectivity index (χ1) is 7.10. The van der Waals surface area contributed by atoms with Crippen molar-refractivity contribution in [3.8, 4) is 0 Å². The maximum absolute atomic E-state index is 5.77. The van der Waals surface area contributed by atoms with Crippen LogP contribution >= 0.6 is 0 Å². The van der Waals surface area contributed by atoms with Crippen molar-refractivity contribution >= 4 is 7.85 Å². The summed E-state index contributed by atoms with van der Waals surface area (Å²) in [7, 11) is 9.00. The van der Waals surface area contributed by atoms with Gasteiger partial charge in [-0.25, -0.2) is 0 Å². The van der Waals surface area contributed by atoms with Gasteiger partial charge in [-0.2, -0.15) is 0 Å². The Balaban J connectivity index is 0.00000225. The molecule has 5 heteroatoms. The van der Waals surface area contributed by atoms with Crippen molar-refractivity contribution in [2.75, 3.05) is 20.8 Å². The van der Waals surface area contributed by atoms with Crippen molar-refractivity contribution in [2.24, 2.45) is 0 Å². The standard InChI is InChI=1S/C10H19BO4.CH4/c1-6(2)14-5-7-8(12-3)9(13-4)10(11)15-7;/h6-10H,5H2,1-4H3;1H4/t7?,8?,9-,10?;/m1./s1. The van der Waals surface area contributed by atoms with Crippen LogP contribution in [0.3, 0.4) is 0 Å². The van der Waals surface area contributed by atoms with Crippen LogP contribution < -0.4 is 0 Å². The maximum Gasteiger partial charge on any atom is 0.113 e. The summed E-state index contributed by atoms with van der Waals surface area (Å²) < 4.78 is 21.6. The summed E-state index contributed by atoms with van der Waals surface area (Å²) in [5.41, 5.74) is 0. The maximum atomic E-state index is 5.77. The van der Waals surface area contributed by atoms with Crippen LogP contribution in [0.15, 0.2) is 0 Å². The summed E-state index contributed by atoms with van der Waals surface area (Å²) in [5.74, 6) is 0. The Morgan fingerprint density at radius 2 is 1.75 bits per heavy atom. The van der Waals surface area contributed by atoms with E-state index in [1.165, 1.54) is 0 Å². The highest BCUT2D eigenvalue weighted by Gasteiger charge is 2.42. The zero-order chi connectivity index (χ0) is 11.4. The van der Waals surface area contributed by atoms with Crippen molar-refractivity contribution < 1.29 is 18.9 Å². The Labute approximate surface area is 100.0 Å². The Kier molecular flexibility index (Phi) is 7.23. The van der Waals surface area contributed by atoms with Gasteiger partial charge >= 0.3 is 0 Å². The summed E-state index contributed by atoms with van der Waals surface area (Å²) in [5, 5.41) is 0. The molecule has 3 unspecified atom stereocenters. The van der Waals surface area contributed by atoms with Crippen LogP contribution in [0.1, 0.15) is 21.3 Å². The van der Waals surface area contributed by atoms with E-state index in [1.807, 2.05) is 13.8 Å². The molecule has 1 rings (SSSR count). The molecule has 1 heterocycles. The van der Waals surface area contributed by atoms with Crippen LogP contribution in [0, 0.1) is 0 Å². The second kappa shape index (κ2) is 7.27. The van der Waals surface area contributed by atoms with Crippen molar-refractivity contribution in [2.45, 2.75) is 51.7 Å². The van der Waals surface area contributed by atoms with Gasteiger partial charge in [-0.15, -0.1) is 0 Å². The Bertz CT molecular complexity index is 189. The van der Waals surface area contributed by atoms with Gasteiger partial charge < -0.3 is 18.9 Å². The zero-order valence-electron chi connectivity index (χ0n) is 9.80. The first kappa shape index (κ1) is 15.9. The number of hydrogen-bond donors (Lipinski definition) is 0. The molecule has 1 fully saturated rings. The Morgan fingerprint density at radius 3 is 2.19 bits per heavy atom.